The molecule has 138 valence electrons. The summed E-state index contributed by atoms with van der Waals surface area (Å²) in [5, 5.41) is 3.92. The van der Waals surface area contributed by atoms with E-state index in [2.05, 4.69) is 31.2 Å². The number of nitrogens with one attached hydrogen (secondary N) is 2. The molecule has 8 heteroatoms. The second-order valence-electron chi connectivity index (χ2n) is 5.70. The van der Waals surface area contributed by atoms with Crippen molar-refractivity contribution in [3.63, 3.8) is 0 Å². The summed E-state index contributed by atoms with van der Waals surface area (Å²) in [5.74, 6) is 0.369. The molecule has 0 aliphatic heterocycles. The number of thioether (sulfide) groups is 1. The van der Waals surface area contributed by atoms with Gasteiger partial charge >= 0.3 is 0 Å². The van der Waals surface area contributed by atoms with Crippen molar-refractivity contribution >= 4 is 50.9 Å². The van der Waals surface area contributed by atoms with E-state index in [4.69, 9.17) is 11.6 Å². The highest BCUT2D eigenvalue weighted by atomic mass is 79.9. The molecule has 0 atom stereocenters. The third-order valence-electron chi connectivity index (χ3n) is 3.49. The Hall–Kier alpha value is -2.09. The number of aromatic nitrogens is 2. The number of H-pyrrole nitrogens is 1. The minimum absolute atomic E-state index is 0.0150. The average Bonchev–Trinajstić information content (AvgIpc) is 2.59. The molecule has 1 amide bonds. The molecule has 0 radical (unpaired) electrons. The fourth-order valence-corrected chi connectivity index (χ4v) is 3.81. The highest BCUT2D eigenvalue weighted by Crippen LogP contribution is 2.21. The summed E-state index contributed by atoms with van der Waals surface area (Å²) in [6.45, 7) is 0. The molecular formula is C19H15BrClN3O2S. The SMILES string of the molecule is O=C(Cc1cc(=O)[nH]c(SCc2cccc(Cl)c2)n1)Nc1cccc(Br)c1. The molecule has 27 heavy (non-hydrogen) atoms. The molecule has 2 N–H and O–H groups in total. The fraction of sp³-hybridized carbons (Fsp3) is 0.105. The van der Waals surface area contributed by atoms with Crippen LogP contribution in [0.1, 0.15) is 11.3 Å². The predicted octanol–water partition coefficient (Wildman–Crippen LogP) is 4.66. The van der Waals surface area contributed by atoms with Gasteiger partial charge in [0.15, 0.2) is 5.16 Å². The van der Waals surface area contributed by atoms with E-state index >= 15 is 0 Å². The Kier molecular flexibility index (Phi) is 6.71. The van der Waals surface area contributed by atoms with Gasteiger partial charge < -0.3 is 10.3 Å². The number of carbonyl (C=O) groups is 1. The number of hydrogen-bond acceptors (Lipinski definition) is 4. The zero-order valence-corrected chi connectivity index (χ0v) is 17.2. The zero-order chi connectivity index (χ0) is 19.2. The van der Waals surface area contributed by atoms with Crippen molar-refractivity contribution in [2.75, 3.05) is 5.32 Å². The lowest BCUT2D eigenvalue weighted by atomic mass is 10.2. The van der Waals surface area contributed by atoms with Gasteiger partial charge in [0.25, 0.3) is 5.56 Å². The molecular weight excluding hydrogens is 450 g/mol. The molecule has 1 heterocycles. The highest BCUT2D eigenvalue weighted by molar-refractivity contribution is 9.10. The van der Waals surface area contributed by atoms with Gasteiger partial charge in [0.2, 0.25) is 5.91 Å². The zero-order valence-electron chi connectivity index (χ0n) is 14.0. The topological polar surface area (TPSA) is 74.8 Å². The van der Waals surface area contributed by atoms with Crippen LogP contribution in [0.4, 0.5) is 5.69 Å². The minimum Gasteiger partial charge on any atom is -0.326 e. The molecule has 0 saturated heterocycles. The highest BCUT2D eigenvalue weighted by Gasteiger charge is 2.09. The first-order valence-electron chi connectivity index (χ1n) is 8.01. The standard InChI is InChI=1S/C19H15BrClN3O2S/c20-13-4-2-6-15(8-13)22-17(25)9-16-10-18(26)24-19(23-16)27-11-12-3-1-5-14(21)7-12/h1-8,10H,9,11H2,(H,22,25)(H,23,24,26). The van der Waals surface area contributed by atoms with Gasteiger partial charge in [-0.25, -0.2) is 4.98 Å². The maximum atomic E-state index is 12.2. The Morgan fingerprint density at radius 2 is 2.00 bits per heavy atom. The fourth-order valence-electron chi connectivity index (χ4n) is 2.36. The second-order valence-corrected chi connectivity index (χ2v) is 8.01. The summed E-state index contributed by atoms with van der Waals surface area (Å²) in [7, 11) is 0. The number of aromatic amines is 1. The van der Waals surface area contributed by atoms with Crippen LogP contribution in [0, 0.1) is 0 Å². The van der Waals surface area contributed by atoms with E-state index in [1.165, 1.54) is 17.8 Å². The van der Waals surface area contributed by atoms with Gasteiger partial charge in [0.1, 0.15) is 0 Å². The summed E-state index contributed by atoms with van der Waals surface area (Å²) in [6, 6.07) is 16.1. The molecule has 0 aliphatic carbocycles. The number of halogens is 2. The van der Waals surface area contributed by atoms with Crippen molar-refractivity contribution in [2.24, 2.45) is 0 Å². The molecule has 3 aromatic rings. The maximum absolute atomic E-state index is 12.2. The third-order valence-corrected chi connectivity index (χ3v) is 5.16. The quantitative estimate of drug-likeness (QED) is 0.411. The lowest BCUT2D eigenvalue weighted by Gasteiger charge is -2.07. The first-order chi connectivity index (χ1) is 13.0. The Labute approximate surface area is 173 Å². The lowest BCUT2D eigenvalue weighted by molar-refractivity contribution is -0.115. The third kappa shape index (κ3) is 6.23. The van der Waals surface area contributed by atoms with Crippen LogP contribution in [0.25, 0.3) is 0 Å². The molecule has 0 fully saturated rings. The normalized spacial score (nSPS) is 10.6. The number of rotatable bonds is 6. The van der Waals surface area contributed by atoms with E-state index in [1.807, 2.05) is 30.3 Å². The number of benzene rings is 2. The number of hydrogen-bond donors (Lipinski definition) is 2. The van der Waals surface area contributed by atoms with Gasteiger partial charge in [-0.2, -0.15) is 0 Å². The van der Waals surface area contributed by atoms with Crippen molar-refractivity contribution in [2.45, 2.75) is 17.3 Å². The van der Waals surface area contributed by atoms with Gasteiger partial charge in [-0.3, -0.25) is 9.59 Å². The van der Waals surface area contributed by atoms with Gasteiger partial charge in [-0.1, -0.05) is 57.5 Å². The molecule has 2 aromatic carbocycles. The van der Waals surface area contributed by atoms with Crippen LogP contribution in [0.2, 0.25) is 5.02 Å². The van der Waals surface area contributed by atoms with E-state index < -0.39 is 0 Å². The van der Waals surface area contributed by atoms with Gasteiger partial charge in [-0.15, -0.1) is 0 Å². The van der Waals surface area contributed by atoms with E-state index in [0.717, 1.165) is 10.0 Å². The Morgan fingerprint density at radius 1 is 1.19 bits per heavy atom. The van der Waals surface area contributed by atoms with E-state index in [0.29, 0.717) is 27.3 Å². The van der Waals surface area contributed by atoms with Gasteiger partial charge in [0.05, 0.1) is 12.1 Å². The summed E-state index contributed by atoms with van der Waals surface area (Å²) in [4.78, 5) is 31.2. The first kappa shape index (κ1) is 19.7. The van der Waals surface area contributed by atoms with Crippen molar-refractivity contribution in [1.29, 1.82) is 0 Å². The largest absolute Gasteiger partial charge is 0.326 e. The first-order valence-corrected chi connectivity index (χ1v) is 10.2. The molecule has 0 aliphatic rings. The molecule has 1 aromatic heterocycles. The minimum atomic E-state index is -0.288. The summed E-state index contributed by atoms with van der Waals surface area (Å²) >= 11 is 10.7. The van der Waals surface area contributed by atoms with E-state index in [9.17, 15) is 9.59 Å². The summed E-state index contributed by atoms with van der Waals surface area (Å²) in [5.41, 5.74) is 1.83. The van der Waals surface area contributed by atoms with Crippen LogP contribution in [-0.2, 0) is 17.0 Å². The monoisotopic (exact) mass is 463 g/mol. The van der Waals surface area contributed by atoms with Crippen molar-refractivity contribution in [1.82, 2.24) is 9.97 Å². The Morgan fingerprint density at radius 3 is 2.78 bits per heavy atom. The Bertz CT molecular complexity index is 1030. The van der Waals surface area contributed by atoms with Gasteiger partial charge in [0, 0.05) is 27.0 Å². The van der Waals surface area contributed by atoms with Crippen molar-refractivity contribution in [3.05, 3.63) is 85.7 Å². The Balaban J connectivity index is 1.65. The van der Waals surface area contributed by atoms with Crippen molar-refractivity contribution in [3.8, 4) is 0 Å². The lowest BCUT2D eigenvalue weighted by Crippen LogP contribution is -2.18. The van der Waals surface area contributed by atoms with Crippen molar-refractivity contribution < 1.29 is 4.79 Å². The van der Waals surface area contributed by atoms with Crippen LogP contribution in [0.3, 0.4) is 0 Å². The summed E-state index contributed by atoms with van der Waals surface area (Å²) in [6.07, 6.45) is 0.0150. The molecule has 3 rings (SSSR count). The van der Waals surface area contributed by atoms with E-state index in [-0.39, 0.29) is 17.9 Å². The van der Waals surface area contributed by atoms with Crippen LogP contribution in [-0.4, -0.2) is 15.9 Å². The summed E-state index contributed by atoms with van der Waals surface area (Å²) < 4.78 is 0.870. The van der Waals surface area contributed by atoms with E-state index in [1.54, 1.807) is 18.2 Å². The molecule has 0 saturated carbocycles. The molecule has 0 unspecified atom stereocenters. The number of anilines is 1. The second kappa shape index (κ2) is 9.21. The van der Waals surface area contributed by atoms with Crippen LogP contribution in [0.5, 0.6) is 0 Å². The van der Waals surface area contributed by atoms with Crippen LogP contribution >= 0.6 is 39.3 Å². The predicted molar refractivity (Wildman–Crippen MR) is 112 cm³/mol. The molecule has 0 spiro atoms. The maximum Gasteiger partial charge on any atom is 0.251 e. The van der Waals surface area contributed by atoms with Crippen LogP contribution < -0.4 is 10.9 Å². The number of carbonyl (C=O) groups excluding carboxylic acids is 1. The number of nitrogens with zero attached hydrogens (tertiary/aromatic N) is 1. The van der Waals surface area contributed by atoms with Gasteiger partial charge in [-0.05, 0) is 35.9 Å². The molecule has 5 nitrogen and oxygen atoms in total. The smallest absolute Gasteiger partial charge is 0.251 e. The molecule has 0 bridgehead atoms. The van der Waals surface area contributed by atoms with Crippen LogP contribution in [0.15, 0.2) is 69.0 Å². The average molecular weight is 465 g/mol. The number of amides is 1.